The molecule has 194 valence electrons. The molecule has 0 aromatic heterocycles. The van der Waals surface area contributed by atoms with Gasteiger partial charge in [0.1, 0.15) is 12.9 Å². The zero-order valence-electron chi connectivity index (χ0n) is 23.9. The van der Waals surface area contributed by atoms with E-state index in [2.05, 4.69) is 79.0 Å². The molecule has 2 rings (SSSR count). The number of unbranched alkanes of at least 4 members (excludes halogenated alkanes) is 7. The van der Waals surface area contributed by atoms with Crippen molar-refractivity contribution in [3.05, 3.63) is 23.8 Å². The van der Waals surface area contributed by atoms with Crippen LogP contribution in [0.15, 0.2) is 18.2 Å². The van der Waals surface area contributed by atoms with Crippen molar-refractivity contribution in [2.24, 2.45) is 11.3 Å². The zero-order chi connectivity index (χ0) is 26.0. The molecule has 0 spiro atoms. The summed E-state index contributed by atoms with van der Waals surface area (Å²) in [5, 5.41) is 0. The van der Waals surface area contributed by atoms with Gasteiger partial charge in [0.15, 0.2) is 0 Å². The topological polar surface area (TPSA) is 21.5 Å². The predicted octanol–water partition coefficient (Wildman–Crippen LogP) is 9.15. The van der Waals surface area contributed by atoms with Gasteiger partial charge in [0, 0.05) is 16.2 Å². The van der Waals surface area contributed by atoms with Crippen LogP contribution in [0, 0.1) is 23.7 Å². The van der Waals surface area contributed by atoms with Crippen molar-refractivity contribution >= 4 is 11.4 Å². The number of rotatable bonds is 12. The number of fused-ring (bicyclic) bond motifs is 1. The van der Waals surface area contributed by atoms with Gasteiger partial charge in [-0.25, -0.2) is 0 Å². The first-order valence-electron chi connectivity index (χ1n) is 13.5. The lowest BCUT2D eigenvalue weighted by molar-refractivity contribution is -0.719. The van der Waals surface area contributed by atoms with Crippen LogP contribution in [0.25, 0.3) is 0 Å². The van der Waals surface area contributed by atoms with Crippen molar-refractivity contribution in [1.82, 2.24) is 0 Å². The molecule has 3 heteroatoms. The normalized spacial score (nSPS) is 12.3. The molecule has 1 aromatic carbocycles. The summed E-state index contributed by atoms with van der Waals surface area (Å²) in [7, 11) is 1.74. The number of ether oxygens (including phenoxy) is 1. The monoisotopic (exact) mass is 472 g/mol. The maximum Gasteiger partial charge on any atom is 0.264 e. The van der Waals surface area contributed by atoms with Gasteiger partial charge < -0.3 is 4.74 Å². The van der Waals surface area contributed by atoms with Crippen molar-refractivity contribution < 1.29 is 14.3 Å². The largest absolute Gasteiger partial charge is 0.493 e. The maximum atomic E-state index is 5.97. The summed E-state index contributed by atoms with van der Waals surface area (Å²) in [5.41, 5.74) is 4.32. The molecular weight excluding hydrogens is 418 g/mol. The lowest BCUT2D eigenvalue weighted by atomic mass is 9.94. The first-order chi connectivity index (χ1) is 16.1. The van der Waals surface area contributed by atoms with Gasteiger partial charge in [-0.05, 0) is 30.9 Å². The smallest absolute Gasteiger partial charge is 0.264 e. The van der Waals surface area contributed by atoms with Gasteiger partial charge >= 0.3 is 0 Å². The summed E-state index contributed by atoms with van der Waals surface area (Å²) in [6, 6.07) is 6.40. The number of nitrogens with zero attached hydrogens (tertiary/aromatic N) is 1. The molecule has 0 fully saturated rings. The Labute approximate surface area is 212 Å². The van der Waals surface area contributed by atoms with Crippen LogP contribution in [-0.4, -0.2) is 24.2 Å². The summed E-state index contributed by atoms with van der Waals surface area (Å²) in [4.78, 5) is 5.61. The first kappa shape index (κ1) is 32.0. The third-order valence-corrected chi connectivity index (χ3v) is 6.08. The maximum absolute atomic E-state index is 5.97. The molecule has 0 bridgehead atoms. The van der Waals surface area contributed by atoms with Gasteiger partial charge in [-0.2, -0.15) is 0 Å². The van der Waals surface area contributed by atoms with Gasteiger partial charge in [-0.15, -0.1) is 12.3 Å². The van der Waals surface area contributed by atoms with Crippen LogP contribution in [0.5, 0.6) is 5.75 Å². The minimum atomic E-state index is 0.481. The quantitative estimate of drug-likeness (QED) is 0.172. The SMILES string of the molecule is C#CC.CCC(C)(C)C.CCCCCCCCCCOc1ccc2c(c1)[N+](OC)=C(C(C)C)C2. The fourth-order valence-electron chi connectivity index (χ4n) is 3.47. The van der Waals surface area contributed by atoms with Crippen molar-refractivity contribution in [3.8, 4) is 18.1 Å². The molecule has 3 nitrogen and oxygen atoms in total. The zero-order valence-corrected chi connectivity index (χ0v) is 23.9. The predicted molar refractivity (Wildman–Crippen MR) is 149 cm³/mol. The highest BCUT2D eigenvalue weighted by Gasteiger charge is 2.34. The Balaban J connectivity index is 0.00000103. The van der Waals surface area contributed by atoms with E-state index < -0.39 is 0 Å². The molecule has 1 aromatic rings. The first-order valence-corrected chi connectivity index (χ1v) is 13.5. The molecule has 1 aliphatic rings. The van der Waals surface area contributed by atoms with E-state index in [0.29, 0.717) is 11.3 Å². The third-order valence-electron chi connectivity index (χ3n) is 6.08. The van der Waals surface area contributed by atoms with E-state index in [1.165, 1.54) is 62.6 Å². The summed E-state index contributed by atoms with van der Waals surface area (Å²) < 4.78 is 7.95. The summed E-state index contributed by atoms with van der Waals surface area (Å²) in [6.45, 7) is 18.1. The minimum Gasteiger partial charge on any atom is -0.493 e. The molecule has 0 radical (unpaired) electrons. The lowest BCUT2D eigenvalue weighted by Gasteiger charge is -2.12. The molecular formula is C31H54NO2+. The van der Waals surface area contributed by atoms with Gasteiger partial charge in [-0.1, -0.05) is 99.8 Å². The van der Waals surface area contributed by atoms with E-state index in [-0.39, 0.29) is 0 Å². The number of terminal acetylenes is 1. The Morgan fingerprint density at radius 3 is 2.00 bits per heavy atom. The van der Waals surface area contributed by atoms with Crippen LogP contribution in [0.2, 0.25) is 0 Å². The molecule has 0 saturated heterocycles. The Morgan fingerprint density at radius 1 is 1.00 bits per heavy atom. The fourth-order valence-corrected chi connectivity index (χ4v) is 3.47. The molecule has 0 atom stereocenters. The average Bonchev–Trinajstić information content (AvgIpc) is 3.17. The Hall–Kier alpha value is -1.95. The van der Waals surface area contributed by atoms with E-state index in [0.717, 1.165) is 30.9 Å². The van der Waals surface area contributed by atoms with Crippen LogP contribution < -0.4 is 4.74 Å². The minimum absolute atomic E-state index is 0.481. The molecule has 1 heterocycles. The van der Waals surface area contributed by atoms with Crippen molar-refractivity contribution in [2.45, 2.75) is 120 Å². The Bertz CT molecular complexity index is 735. The third kappa shape index (κ3) is 13.7. The van der Waals surface area contributed by atoms with Crippen LogP contribution >= 0.6 is 0 Å². The van der Waals surface area contributed by atoms with E-state index in [1.54, 1.807) is 14.0 Å². The molecule has 1 aliphatic heterocycles. The highest BCUT2D eigenvalue weighted by atomic mass is 16.7. The van der Waals surface area contributed by atoms with Crippen molar-refractivity contribution in [3.63, 3.8) is 0 Å². The average molecular weight is 473 g/mol. The molecule has 0 unspecified atom stereocenters. The summed E-state index contributed by atoms with van der Waals surface area (Å²) >= 11 is 0. The number of benzene rings is 1. The second kappa shape index (κ2) is 18.4. The molecule has 0 N–H and O–H groups in total. The van der Waals surface area contributed by atoms with Crippen LogP contribution in [0.3, 0.4) is 0 Å². The van der Waals surface area contributed by atoms with Gasteiger partial charge in [0.05, 0.1) is 19.1 Å². The lowest BCUT2D eigenvalue weighted by Crippen LogP contribution is -2.17. The van der Waals surface area contributed by atoms with E-state index in [4.69, 9.17) is 9.57 Å². The standard InChI is InChI=1S/C22H36NO2.C6H14.C3H4/c1-5-6-7-8-9-10-11-12-15-25-20-14-13-19-16-21(18(2)3)23(24-4)22(19)17-20;1-5-6(2,3)4;1-3-2/h13-14,17-18H,5-12,15-16H2,1-4H3;5H2,1-4H3;1H,2H3/q+1;;. The van der Waals surface area contributed by atoms with E-state index >= 15 is 0 Å². The Kier molecular flexibility index (Phi) is 17.3. The summed E-state index contributed by atoms with van der Waals surface area (Å²) in [5.74, 6) is 3.68. The second-order valence-electron chi connectivity index (χ2n) is 10.6. The molecule has 0 aliphatic carbocycles. The van der Waals surface area contributed by atoms with E-state index in [9.17, 15) is 0 Å². The van der Waals surface area contributed by atoms with Crippen molar-refractivity contribution in [1.29, 1.82) is 0 Å². The molecule has 0 amide bonds. The highest BCUT2D eigenvalue weighted by molar-refractivity contribution is 5.88. The van der Waals surface area contributed by atoms with Crippen molar-refractivity contribution in [2.75, 3.05) is 13.7 Å². The highest BCUT2D eigenvalue weighted by Crippen LogP contribution is 2.32. The van der Waals surface area contributed by atoms with E-state index in [1.807, 2.05) is 4.74 Å². The summed E-state index contributed by atoms with van der Waals surface area (Å²) in [6.07, 6.45) is 17.5. The molecule has 34 heavy (non-hydrogen) atoms. The van der Waals surface area contributed by atoms with Gasteiger partial charge in [0.25, 0.3) is 5.69 Å². The Morgan fingerprint density at radius 2 is 1.53 bits per heavy atom. The molecule has 0 saturated carbocycles. The number of hydrogen-bond donors (Lipinski definition) is 0. The van der Waals surface area contributed by atoms with Gasteiger partial charge in [0.2, 0.25) is 5.71 Å². The second-order valence-corrected chi connectivity index (χ2v) is 10.6. The fraction of sp³-hybridized carbons (Fsp3) is 0.710. The van der Waals surface area contributed by atoms with Gasteiger partial charge in [-0.3, -0.25) is 4.84 Å². The van der Waals surface area contributed by atoms with Crippen LogP contribution in [-0.2, 0) is 11.3 Å². The van der Waals surface area contributed by atoms with Crippen LogP contribution in [0.1, 0.15) is 119 Å². The number of hydrogen-bond acceptors (Lipinski definition) is 2. The van der Waals surface area contributed by atoms with Crippen LogP contribution in [0.4, 0.5) is 5.69 Å².